The van der Waals surface area contributed by atoms with E-state index in [9.17, 15) is 0 Å². The molecule has 0 aliphatic carbocycles. The Labute approximate surface area is 142 Å². The number of hydrogen-bond donors (Lipinski definition) is 2. The summed E-state index contributed by atoms with van der Waals surface area (Å²) in [5, 5.41) is 1.26. The molecule has 0 amide bonds. The van der Waals surface area contributed by atoms with E-state index >= 15 is 0 Å². The zero-order valence-electron chi connectivity index (χ0n) is 14.3. The van der Waals surface area contributed by atoms with E-state index in [4.69, 9.17) is 15.2 Å². The minimum Gasteiger partial charge on any atom is -0.493 e. The Kier molecular flexibility index (Phi) is 5.06. The quantitative estimate of drug-likeness (QED) is 0.642. The minimum absolute atomic E-state index is 0.722. The van der Waals surface area contributed by atoms with E-state index in [1.807, 2.05) is 12.1 Å². The fourth-order valence-electron chi connectivity index (χ4n) is 3.22. The van der Waals surface area contributed by atoms with E-state index in [0.29, 0.717) is 0 Å². The number of H-pyrrole nitrogens is 1. The third kappa shape index (κ3) is 2.97. The molecule has 3 rings (SSSR count). The lowest BCUT2D eigenvalue weighted by molar-refractivity contribution is 0.356. The van der Waals surface area contributed by atoms with Crippen molar-refractivity contribution in [1.29, 1.82) is 0 Å². The van der Waals surface area contributed by atoms with Gasteiger partial charge in [0.2, 0.25) is 0 Å². The lowest BCUT2D eigenvalue weighted by atomic mass is 9.99. The molecule has 3 N–H and O–H groups in total. The van der Waals surface area contributed by atoms with Gasteiger partial charge in [0.1, 0.15) is 0 Å². The maximum Gasteiger partial charge on any atom is 0.170 e. The van der Waals surface area contributed by atoms with E-state index in [-0.39, 0.29) is 0 Å². The number of ether oxygens (including phenoxy) is 2. The highest BCUT2D eigenvalue weighted by Crippen LogP contribution is 2.41. The first kappa shape index (κ1) is 16.4. The SMILES string of the molecule is COc1cccc(-c2[nH]c3ccccc3c2CCCCN)c1OC. The van der Waals surface area contributed by atoms with Gasteiger partial charge in [0.25, 0.3) is 0 Å². The summed E-state index contributed by atoms with van der Waals surface area (Å²) < 4.78 is 11.1. The van der Waals surface area contributed by atoms with Gasteiger partial charge < -0.3 is 20.2 Å². The molecule has 0 atom stereocenters. The second-order valence-corrected chi connectivity index (χ2v) is 5.81. The van der Waals surface area contributed by atoms with Crippen LogP contribution in [0.5, 0.6) is 11.5 Å². The normalized spacial score (nSPS) is 11.0. The number of hydrogen-bond acceptors (Lipinski definition) is 3. The van der Waals surface area contributed by atoms with Crippen molar-refractivity contribution in [1.82, 2.24) is 4.98 Å². The molecule has 0 radical (unpaired) electrons. The fraction of sp³-hybridized carbons (Fsp3) is 0.300. The van der Waals surface area contributed by atoms with E-state index in [1.165, 1.54) is 10.9 Å². The van der Waals surface area contributed by atoms with Gasteiger partial charge in [-0.25, -0.2) is 0 Å². The van der Waals surface area contributed by atoms with Crippen LogP contribution in [0.3, 0.4) is 0 Å². The predicted octanol–water partition coefficient (Wildman–Crippen LogP) is 4.13. The van der Waals surface area contributed by atoms with Gasteiger partial charge in [-0.15, -0.1) is 0 Å². The third-order valence-electron chi connectivity index (χ3n) is 4.37. The van der Waals surface area contributed by atoms with Crippen molar-refractivity contribution >= 4 is 10.9 Å². The molecular formula is C20H24N2O2. The van der Waals surface area contributed by atoms with Crippen molar-refractivity contribution in [3.05, 3.63) is 48.0 Å². The number of aromatic nitrogens is 1. The van der Waals surface area contributed by atoms with E-state index in [1.54, 1.807) is 14.2 Å². The van der Waals surface area contributed by atoms with E-state index < -0.39 is 0 Å². The molecule has 0 fully saturated rings. The molecule has 1 heterocycles. The summed E-state index contributed by atoms with van der Waals surface area (Å²) in [6.07, 6.45) is 3.07. The maximum absolute atomic E-state index is 5.67. The zero-order chi connectivity index (χ0) is 16.9. The standard InChI is InChI=1S/C20H24N2O2/c1-23-18-12-7-10-16(20(18)24-2)19-15(9-5-6-13-21)14-8-3-4-11-17(14)22-19/h3-4,7-8,10-12,22H,5-6,9,13,21H2,1-2H3. The Morgan fingerprint density at radius 2 is 1.79 bits per heavy atom. The number of rotatable bonds is 7. The summed E-state index contributed by atoms with van der Waals surface area (Å²) in [4.78, 5) is 3.57. The number of methoxy groups -OCH3 is 2. The highest BCUT2D eigenvalue weighted by Gasteiger charge is 2.18. The molecule has 126 valence electrons. The average Bonchev–Trinajstić information content (AvgIpc) is 2.99. The van der Waals surface area contributed by atoms with Crippen molar-refractivity contribution in [2.24, 2.45) is 5.73 Å². The second kappa shape index (κ2) is 7.41. The minimum atomic E-state index is 0.722. The summed E-state index contributed by atoms with van der Waals surface area (Å²) in [6.45, 7) is 0.722. The van der Waals surface area contributed by atoms with E-state index in [0.717, 1.165) is 54.1 Å². The molecule has 0 saturated heterocycles. The van der Waals surface area contributed by atoms with Gasteiger partial charge in [0, 0.05) is 16.5 Å². The van der Waals surface area contributed by atoms with Crippen molar-refractivity contribution in [3.63, 3.8) is 0 Å². The average molecular weight is 324 g/mol. The summed E-state index contributed by atoms with van der Waals surface area (Å²) in [6, 6.07) is 14.4. The maximum atomic E-state index is 5.67. The van der Waals surface area contributed by atoms with Crippen LogP contribution in [0.25, 0.3) is 22.2 Å². The summed E-state index contributed by atoms with van der Waals surface area (Å²) in [7, 11) is 3.34. The lowest BCUT2D eigenvalue weighted by Gasteiger charge is -2.13. The molecule has 4 nitrogen and oxygen atoms in total. The Morgan fingerprint density at radius 3 is 2.54 bits per heavy atom. The Morgan fingerprint density at radius 1 is 0.958 bits per heavy atom. The number of unbranched alkanes of at least 4 members (excludes halogenated alkanes) is 1. The van der Waals surface area contributed by atoms with Crippen molar-refractivity contribution in [2.45, 2.75) is 19.3 Å². The van der Waals surface area contributed by atoms with Gasteiger partial charge >= 0.3 is 0 Å². The number of benzene rings is 2. The summed E-state index contributed by atoms with van der Waals surface area (Å²) >= 11 is 0. The second-order valence-electron chi connectivity index (χ2n) is 5.81. The van der Waals surface area contributed by atoms with Gasteiger partial charge in [0.05, 0.1) is 19.9 Å². The van der Waals surface area contributed by atoms with Crippen LogP contribution >= 0.6 is 0 Å². The molecule has 3 aromatic rings. The van der Waals surface area contributed by atoms with Crippen LogP contribution in [-0.2, 0) is 6.42 Å². The largest absolute Gasteiger partial charge is 0.493 e. The van der Waals surface area contributed by atoms with Crippen LogP contribution in [-0.4, -0.2) is 25.7 Å². The van der Waals surface area contributed by atoms with Gasteiger partial charge in [-0.2, -0.15) is 0 Å². The van der Waals surface area contributed by atoms with Crippen LogP contribution in [0, 0.1) is 0 Å². The van der Waals surface area contributed by atoms with Gasteiger partial charge in [0.15, 0.2) is 11.5 Å². The molecule has 0 aliphatic rings. The molecule has 4 heteroatoms. The topological polar surface area (TPSA) is 60.3 Å². The summed E-state index contributed by atoms with van der Waals surface area (Å²) in [5.74, 6) is 1.49. The van der Waals surface area contributed by atoms with Gasteiger partial charge in [-0.05, 0) is 49.6 Å². The predicted molar refractivity (Wildman–Crippen MR) is 98.8 cm³/mol. The number of nitrogens with one attached hydrogen (secondary N) is 1. The zero-order valence-corrected chi connectivity index (χ0v) is 14.3. The number of para-hydroxylation sites is 2. The fourth-order valence-corrected chi connectivity index (χ4v) is 3.22. The molecule has 0 bridgehead atoms. The smallest absolute Gasteiger partial charge is 0.170 e. The first-order valence-corrected chi connectivity index (χ1v) is 8.31. The number of aromatic amines is 1. The van der Waals surface area contributed by atoms with Crippen LogP contribution in [0.2, 0.25) is 0 Å². The van der Waals surface area contributed by atoms with Crippen LogP contribution in [0.15, 0.2) is 42.5 Å². The van der Waals surface area contributed by atoms with Crippen molar-refractivity contribution < 1.29 is 9.47 Å². The highest BCUT2D eigenvalue weighted by molar-refractivity contribution is 5.92. The first-order chi connectivity index (χ1) is 11.8. The third-order valence-corrected chi connectivity index (χ3v) is 4.37. The lowest BCUT2D eigenvalue weighted by Crippen LogP contribution is -2.00. The number of aryl methyl sites for hydroxylation is 1. The molecule has 24 heavy (non-hydrogen) atoms. The Hall–Kier alpha value is -2.46. The monoisotopic (exact) mass is 324 g/mol. The molecule has 1 aromatic heterocycles. The van der Waals surface area contributed by atoms with Crippen molar-refractivity contribution in [3.8, 4) is 22.8 Å². The Balaban J connectivity index is 2.17. The van der Waals surface area contributed by atoms with Crippen LogP contribution in [0.1, 0.15) is 18.4 Å². The highest BCUT2D eigenvalue weighted by atomic mass is 16.5. The molecule has 0 saturated carbocycles. The molecule has 0 unspecified atom stereocenters. The van der Waals surface area contributed by atoms with Gasteiger partial charge in [-0.1, -0.05) is 24.3 Å². The van der Waals surface area contributed by atoms with E-state index in [2.05, 4.69) is 35.3 Å². The van der Waals surface area contributed by atoms with Gasteiger partial charge in [-0.3, -0.25) is 0 Å². The van der Waals surface area contributed by atoms with Crippen molar-refractivity contribution in [2.75, 3.05) is 20.8 Å². The first-order valence-electron chi connectivity index (χ1n) is 8.31. The molecule has 0 spiro atoms. The molecule has 0 aliphatic heterocycles. The summed E-state index contributed by atoms with van der Waals surface area (Å²) in [5.41, 5.74) is 10.2. The number of nitrogens with two attached hydrogens (primary N) is 1. The Bertz CT molecular complexity index is 824. The molecule has 2 aromatic carbocycles. The molecular weight excluding hydrogens is 300 g/mol. The van der Waals surface area contributed by atoms with Crippen LogP contribution in [0.4, 0.5) is 0 Å². The van der Waals surface area contributed by atoms with Crippen LogP contribution < -0.4 is 15.2 Å². The number of fused-ring (bicyclic) bond motifs is 1.